The molecule has 2 heterocycles. The minimum absolute atomic E-state index is 0.0295. The molecule has 0 aliphatic carbocycles. The number of nitrogens with zero attached hydrogens (tertiary/aromatic N) is 2. The summed E-state index contributed by atoms with van der Waals surface area (Å²) in [6, 6.07) is 0. The van der Waals surface area contributed by atoms with Crippen LogP contribution in [0.5, 0.6) is 0 Å². The number of anilines is 1. The van der Waals surface area contributed by atoms with Crippen molar-refractivity contribution < 1.29 is 4.79 Å². The molecule has 1 aliphatic rings. The second-order valence-corrected chi connectivity index (χ2v) is 5.16. The van der Waals surface area contributed by atoms with Crippen LogP contribution in [0.15, 0.2) is 6.20 Å². The first-order chi connectivity index (χ1) is 8.06. The summed E-state index contributed by atoms with van der Waals surface area (Å²) in [6.07, 6.45) is 4.77. The zero-order chi connectivity index (χ0) is 12.5. The van der Waals surface area contributed by atoms with E-state index in [1.807, 2.05) is 4.90 Å². The molecule has 1 aromatic rings. The van der Waals surface area contributed by atoms with Crippen molar-refractivity contribution >= 4 is 11.6 Å². The number of hydrogen-bond acceptors (Lipinski definition) is 3. The molecule has 0 saturated carbocycles. The highest BCUT2D eigenvalue weighted by atomic mass is 16.2. The van der Waals surface area contributed by atoms with E-state index < -0.39 is 0 Å². The normalized spacial score (nSPS) is 19.3. The third kappa shape index (κ3) is 2.28. The molecule has 5 heteroatoms. The molecule has 0 atom stereocenters. The number of carbonyl (C=O) groups is 1. The number of nitrogens with one attached hydrogen (secondary N) is 1. The van der Waals surface area contributed by atoms with Crippen molar-refractivity contribution in [3.05, 3.63) is 11.9 Å². The van der Waals surface area contributed by atoms with Crippen LogP contribution >= 0.6 is 0 Å². The Morgan fingerprint density at radius 2 is 2.24 bits per heavy atom. The van der Waals surface area contributed by atoms with Crippen LogP contribution < -0.4 is 5.73 Å². The molecule has 0 aromatic carbocycles. The van der Waals surface area contributed by atoms with E-state index in [2.05, 4.69) is 24.0 Å². The maximum atomic E-state index is 12.2. The van der Waals surface area contributed by atoms with Crippen LogP contribution in [0.2, 0.25) is 0 Å². The number of nitrogens with two attached hydrogens (primary N) is 1. The molecular formula is C12H20N4O. The molecule has 0 bridgehead atoms. The van der Waals surface area contributed by atoms with Gasteiger partial charge in [0.25, 0.3) is 5.91 Å². The third-order valence-electron chi connectivity index (χ3n) is 3.99. The standard InChI is InChI=1S/C12H20N4O/c1-3-12(2)4-6-16(7-5-12)11(17)10-9(13)8-14-15-10/h8H,3-7,13H2,1-2H3,(H,14,15). The van der Waals surface area contributed by atoms with Crippen molar-refractivity contribution in [1.29, 1.82) is 0 Å². The molecule has 17 heavy (non-hydrogen) atoms. The molecule has 0 spiro atoms. The first-order valence-corrected chi connectivity index (χ1v) is 6.14. The lowest BCUT2D eigenvalue weighted by Gasteiger charge is -2.38. The zero-order valence-electron chi connectivity index (χ0n) is 10.5. The molecule has 0 radical (unpaired) electrons. The minimum atomic E-state index is -0.0295. The molecular weight excluding hydrogens is 216 g/mol. The molecule has 5 nitrogen and oxygen atoms in total. The van der Waals surface area contributed by atoms with Crippen molar-refractivity contribution in [3.8, 4) is 0 Å². The predicted molar refractivity (Wildman–Crippen MR) is 66.5 cm³/mol. The second-order valence-electron chi connectivity index (χ2n) is 5.16. The molecule has 1 fully saturated rings. The van der Waals surface area contributed by atoms with E-state index in [-0.39, 0.29) is 5.91 Å². The lowest BCUT2D eigenvalue weighted by Crippen LogP contribution is -2.42. The molecule has 3 N–H and O–H groups in total. The molecule has 1 saturated heterocycles. The summed E-state index contributed by atoms with van der Waals surface area (Å²) in [6.45, 7) is 6.12. The van der Waals surface area contributed by atoms with Crippen LogP contribution in [0.3, 0.4) is 0 Å². The van der Waals surface area contributed by atoms with Gasteiger partial charge in [0.2, 0.25) is 0 Å². The lowest BCUT2D eigenvalue weighted by molar-refractivity contribution is 0.0595. The van der Waals surface area contributed by atoms with Gasteiger partial charge >= 0.3 is 0 Å². The number of amides is 1. The van der Waals surface area contributed by atoms with E-state index in [1.165, 1.54) is 12.6 Å². The molecule has 1 aromatic heterocycles. The Bertz CT molecular complexity index is 404. The number of aromatic nitrogens is 2. The summed E-state index contributed by atoms with van der Waals surface area (Å²) >= 11 is 0. The van der Waals surface area contributed by atoms with Crippen molar-refractivity contribution in [2.75, 3.05) is 18.8 Å². The molecule has 1 amide bonds. The Morgan fingerprint density at radius 3 is 2.71 bits per heavy atom. The largest absolute Gasteiger partial charge is 0.396 e. The Hall–Kier alpha value is -1.52. The highest BCUT2D eigenvalue weighted by molar-refractivity contribution is 5.97. The van der Waals surface area contributed by atoms with E-state index in [9.17, 15) is 4.79 Å². The number of rotatable bonds is 2. The van der Waals surface area contributed by atoms with Crippen molar-refractivity contribution in [2.24, 2.45) is 5.41 Å². The first-order valence-electron chi connectivity index (χ1n) is 6.14. The number of piperidine rings is 1. The van der Waals surface area contributed by atoms with Gasteiger partial charge in [-0.3, -0.25) is 9.89 Å². The molecule has 2 rings (SSSR count). The highest BCUT2D eigenvalue weighted by Gasteiger charge is 2.31. The monoisotopic (exact) mass is 236 g/mol. The Kier molecular flexibility index (Phi) is 3.09. The third-order valence-corrected chi connectivity index (χ3v) is 3.99. The Balaban J connectivity index is 2.02. The van der Waals surface area contributed by atoms with Gasteiger partial charge in [0.05, 0.1) is 11.9 Å². The van der Waals surface area contributed by atoms with Crippen LogP contribution in [0.1, 0.15) is 43.6 Å². The summed E-state index contributed by atoms with van der Waals surface area (Å²) < 4.78 is 0. The maximum Gasteiger partial charge on any atom is 0.274 e. The number of likely N-dealkylation sites (tertiary alicyclic amines) is 1. The van der Waals surface area contributed by atoms with Gasteiger partial charge < -0.3 is 10.6 Å². The highest BCUT2D eigenvalue weighted by Crippen LogP contribution is 2.34. The fraction of sp³-hybridized carbons (Fsp3) is 0.667. The second kappa shape index (κ2) is 4.39. The summed E-state index contributed by atoms with van der Waals surface area (Å²) in [5.41, 5.74) is 6.92. The predicted octanol–water partition coefficient (Wildman–Crippen LogP) is 1.64. The van der Waals surface area contributed by atoms with Gasteiger partial charge in [0, 0.05) is 13.1 Å². The average molecular weight is 236 g/mol. The number of aromatic amines is 1. The van der Waals surface area contributed by atoms with Crippen LogP contribution in [0.25, 0.3) is 0 Å². The lowest BCUT2D eigenvalue weighted by atomic mass is 9.78. The average Bonchev–Trinajstić information content (AvgIpc) is 2.76. The van der Waals surface area contributed by atoms with Gasteiger partial charge in [-0.25, -0.2) is 0 Å². The van der Waals surface area contributed by atoms with E-state index in [4.69, 9.17) is 5.73 Å². The summed E-state index contributed by atoms with van der Waals surface area (Å²) in [7, 11) is 0. The number of nitrogen functional groups attached to an aromatic ring is 1. The van der Waals surface area contributed by atoms with Crippen molar-refractivity contribution in [1.82, 2.24) is 15.1 Å². The van der Waals surface area contributed by atoms with Gasteiger partial charge in [-0.15, -0.1) is 0 Å². The van der Waals surface area contributed by atoms with Gasteiger partial charge in [-0.2, -0.15) is 5.10 Å². The molecule has 94 valence electrons. The van der Waals surface area contributed by atoms with E-state index in [1.54, 1.807) is 0 Å². The van der Waals surface area contributed by atoms with Crippen LogP contribution in [-0.2, 0) is 0 Å². The molecule has 1 aliphatic heterocycles. The van der Waals surface area contributed by atoms with Gasteiger partial charge in [-0.05, 0) is 18.3 Å². The summed E-state index contributed by atoms with van der Waals surface area (Å²) in [5.74, 6) is -0.0295. The van der Waals surface area contributed by atoms with Gasteiger partial charge in [0.15, 0.2) is 0 Å². The SMILES string of the molecule is CCC1(C)CCN(C(=O)c2[nH]ncc2N)CC1. The summed E-state index contributed by atoms with van der Waals surface area (Å²) in [5, 5.41) is 6.46. The smallest absolute Gasteiger partial charge is 0.274 e. The Morgan fingerprint density at radius 1 is 1.59 bits per heavy atom. The Labute approximate surface area is 101 Å². The van der Waals surface area contributed by atoms with Gasteiger partial charge in [-0.1, -0.05) is 20.3 Å². The van der Waals surface area contributed by atoms with Crippen LogP contribution in [-0.4, -0.2) is 34.1 Å². The number of hydrogen-bond donors (Lipinski definition) is 2. The molecule has 0 unspecified atom stereocenters. The quantitative estimate of drug-likeness (QED) is 0.819. The fourth-order valence-corrected chi connectivity index (χ4v) is 2.23. The number of carbonyl (C=O) groups excluding carboxylic acids is 1. The van der Waals surface area contributed by atoms with Crippen molar-refractivity contribution in [3.63, 3.8) is 0 Å². The van der Waals surface area contributed by atoms with Gasteiger partial charge in [0.1, 0.15) is 5.69 Å². The minimum Gasteiger partial charge on any atom is -0.396 e. The first kappa shape index (κ1) is 12.0. The van der Waals surface area contributed by atoms with E-state index in [0.717, 1.165) is 25.9 Å². The topological polar surface area (TPSA) is 75.0 Å². The van der Waals surface area contributed by atoms with E-state index in [0.29, 0.717) is 16.8 Å². The number of H-pyrrole nitrogens is 1. The zero-order valence-corrected chi connectivity index (χ0v) is 10.5. The summed E-state index contributed by atoms with van der Waals surface area (Å²) in [4.78, 5) is 14.0. The van der Waals surface area contributed by atoms with Crippen molar-refractivity contribution in [2.45, 2.75) is 33.1 Å². The van der Waals surface area contributed by atoms with Crippen LogP contribution in [0, 0.1) is 5.41 Å². The fourth-order valence-electron chi connectivity index (χ4n) is 2.23. The maximum absolute atomic E-state index is 12.2. The van der Waals surface area contributed by atoms with Crippen LogP contribution in [0.4, 0.5) is 5.69 Å². The van der Waals surface area contributed by atoms with E-state index >= 15 is 0 Å².